The van der Waals surface area contributed by atoms with Gasteiger partial charge in [0, 0.05) is 51.1 Å². The molecule has 0 aromatic carbocycles. The van der Waals surface area contributed by atoms with Crippen LogP contribution < -0.4 is 4.74 Å². The van der Waals surface area contributed by atoms with Crippen LogP contribution in [-0.2, 0) is 17.7 Å². The number of nitrogens with zero attached hydrogens (tertiary/aromatic N) is 5. The molecule has 0 radical (unpaired) electrons. The summed E-state index contributed by atoms with van der Waals surface area (Å²) in [5.41, 5.74) is 3.02. The number of ether oxygens (including phenoxy) is 2. The van der Waals surface area contributed by atoms with E-state index in [1.807, 2.05) is 12.1 Å². The molecule has 1 amide bonds. The van der Waals surface area contributed by atoms with Gasteiger partial charge in [0.1, 0.15) is 6.61 Å². The molecule has 3 aromatic rings. The van der Waals surface area contributed by atoms with E-state index < -0.39 is 0 Å². The number of aromatic nitrogens is 4. The highest BCUT2D eigenvalue weighted by molar-refractivity contribution is 9.10. The van der Waals surface area contributed by atoms with Gasteiger partial charge >= 0.3 is 0 Å². The van der Waals surface area contributed by atoms with E-state index in [1.165, 1.54) is 0 Å². The summed E-state index contributed by atoms with van der Waals surface area (Å²) in [6.07, 6.45) is 4.14. The predicted molar refractivity (Wildman–Crippen MR) is 101 cm³/mol. The molecule has 4 rings (SSSR count). The molecule has 0 saturated carbocycles. The Morgan fingerprint density at radius 2 is 2.22 bits per heavy atom. The van der Waals surface area contributed by atoms with Crippen LogP contribution >= 0.6 is 15.9 Å². The summed E-state index contributed by atoms with van der Waals surface area (Å²) in [7, 11) is 1.63. The van der Waals surface area contributed by atoms with Crippen LogP contribution in [0, 0.1) is 0 Å². The fourth-order valence-corrected chi connectivity index (χ4v) is 3.30. The lowest BCUT2D eigenvalue weighted by Gasteiger charge is -2.27. The number of amides is 1. The van der Waals surface area contributed by atoms with Gasteiger partial charge in [-0.3, -0.25) is 4.79 Å². The Kier molecular flexibility index (Phi) is 5.04. The van der Waals surface area contributed by atoms with Crippen LogP contribution in [0.15, 0.2) is 35.1 Å². The molecule has 1 aliphatic rings. The Labute approximate surface area is 164 Å². The number of hydrogen-bond acceptors (Lipinski definition) is 6. The molecular weight excluding hydrogens is 414 g/mol. The second-order valence-electron chi connectivity index (χ2n) is 6.18. The second kappa shape index (κ2) is 7.61. The lowest BCUT2D eigenvalue weighted by molar-refractivity contribution is 0.0727. The quantitative estimate of drug-likeness (QED) is 0.575. The zero-order valence-electron chi connectivity index (χ0n) is 14.8. The Balaban J connectivity index is 1.49. The molecule has 0 N–H and O–H groups in total. The van der Waals surface area contributed by atoms with Crippen molar-refractivity contribution in [3.63, 3.8) is 0 Å². The van der Waals surface area contributed by atoms with Crippen LogP contribution in [-0.4, -0.2) is 57.3 Å². The lowest BCUT2D eigenvalue weighted by Crippen LogP contribution is -2.36. The van der Waals surface area contributed by atoms with Crippen molar-refractivity contribution >= 4 is 27.5 Å². The summed E-state index contributed by atoms with van der Waals surface area (Å²) in [6, 6.07) is 5.50. The van der Waals surface area contributed by atoms with Crippen molar-refractivity contribution in [1.29, 1.82) is 0 Å². The summed E-state index contributed by atoms with van der Waals surface area (Å²) < 4.78 is 12.9. The largest absolute Gasteiger partial charge is 0.475 e. The maximum absolute atomic E-state index is 12.9. The van der Waals surface area contributed by atoms with Crippen molar-refractivity contribution in [1.82, 2.24) is 24.5 Å². The maximum Gasteiger partial charge on any atom is 0.274 e. The highest BCUT2D eigenvalue weighted by Crippen LogP contribution is 2.22. The fraction of sp³-hybridized carbons (Fsp3) is 0.333. The van der Waals surface area contributed by atoms with E-state index in [9.17, 15) is 4.79 Å². The minimum atomic E-state index is -0.109. The minimum Gasteiger partial charge on any atom is -0.475 e. The average Bonchev–Trinajstić information content (AvgIpc) is 3.10. The number of carbonyl (C=O) groups excluding carboxylic acids is 1. The van der Waals surface area contributed by atoms with Crippen molar-refractivity contribution < 1.29 is 14.3 Å². The molecule has 0 bridgehead atoms. The van der Waals surface area contributed by atoms with E-state index in [0.29, 0.717) is 49.9 Å². The Morgan fingerprint density at radius 1 is 1.33 bits per heavy atom. The van der Waals surface area contributed by atoms with Gasteiger partial charge in [-0.1, -0.05) is 6.07 Å². The van der Waals surface area contributed by atoms with Gasteiger partial charge < -0.3 is 14.4 Å². The lowest BCUT2D eigenvalue weighted by atomic mass is 10.1. The molecule has 4 heterocycles. The van der Waals surface area contributed by atoms with E-state index in [4.69, 9.17) is 9.47 Å². The van der Waals surface area contributed by atoms with Crippen LogP contribution in [0.2, 0.25) is 0 Å². The van der Waals surface area contributed by atoms with Crippen molar-refractivity contribution in [2.75, 3.05) is 26.9 Å². The zero-order chi connectivity index (χ0) is 18.8. The summed E-state index contributed by atoms with van der Waals surface area (Å²) >= 11 is 3.36. The first kappa shape index (κ1) is 17.9. The first-order valence-electron chi connectivity index (χ1n) is 8.55. The van der Waals surface area contributed by atoms with Gasteiger partial charge in [0.15, 0.2) is 11.3 Å². The summed E-state index contributed by atoms with van der Waals surface area (Å²) in [5, 5.41) is 4.35. The molecule has 140 valence electrons. The van der Waals surface area contributed by atoms with Gasteiger partial charge in [0.05, 0.1) is 16.8 Å². The highest BCUT2D eigenvalue weighted by atomic mass is 79.9. The maximum atomic E-state index is 12.9. The van der Waals surface area contributed by atoms with E-state index >= 15 is 0 Å². The van der Waals surface area contributed by atoms with Crippen LogP contribution in [0.3, 0.4) is 0 Å². The number of halogens is 1. The van der Waals surface area contributed by atoms with Gasteiger partial charge in [0.2, 0.25) is 5.88 Å². The van der Waals surface area contributed by atoms with Crippen molar-refractivity contribution in [3.8, 4) is 5.88 Å². The Bertz CT molecular complexity index is 990. The third-order valence-corrected chi connectivity index (χ3v) is 4.76. The molecule has 0 unspecified atom stereocenters. The molecule has 3 aromatic heterocycles. The second-order valence-corrected chi connectivity index (χ2v) is 7.09. The molecule has 0 fully saturated rings. The summed E-state index contributed by atoms with van der Waals surface area (Å²) in [6.45, 7) is 2.08. The molecule has 0 spiro atoms. The van der Waals surface area contributed by atoms with Crippen molar-refractivity contribution in [3.05, 3.63) is 52.0 Å². The number of pyridine rings is 1. The SMILES string of the molecule is COCCOc1ccc2c(n1)CCN(C(=O)c1cc3ncc(Br)cn3n1)C2. The molecule has 27 heavy (non-hydrogen) atoms. The topological polar surface area (TPSA) is 81.9 Å². The first-order valence-corrected chi connectivity index (χ1v) is 9.34. The molecule has 0 atom stereocenters. The smallest absolute Gasteiger partial charge is 0.274 e. The van der Waals surface area contributed by atoms with Crippen molar-refractivity contribution in [2.45, 2.75) is 13.0 Å². The molecule has 0 aliphatic carbocycles. The zero-order valence-corrected chi connectivity index (χ0v) is 16.3. The number of hydrogen-bond donors (Lipinski definition) is 0. The molecular formula is C18H18BrN5O3. The number of rotatable bonds is 5. The monoisotopic (exact) mass is 431 g/mol. The highest BCUT2D eigenvalue weighted by Gasteiger charge is 2.25. The average molecular weight is 432 g/mol. The number of fused-ring (bicyclic) bond motifs is 2. The standard InChI is InChI=1S/C18H18BrN5O3/c1-26-6-7-27-17-3-2-12-10-23(5-4-14(12)21-17)18(25)15-8-16-20-9-13(19)11-24(16)22-15/h2-3,8-9,11H,4-7,10H2,1H3. The molecule has 9 heteroatoms. The van der Waals surface area contributed by atoms with E-state index in [0.717, 1.165) is 15.7 Å². The normalized spacial score (nSPS) is 13.6. The van der Waals surface area contributed by atoms with Crippen LogP contribution in [0.4, 0.5) is 0 Å². The minimum absolute atomic E-state index is 0.109. The van der Waals surface area contributed by atoms with Crippen molar-refractivity contribution in [2.24, 2.45) is 0 Å². The molecule has 0 saturated heterocycles. The van der Waals surface area contributed by atoms with Gasteiger partial charge in [-0.25, -0.2) is 14.5 Å². The van der Waals surface area contributed by atoms with Gasteiger partial charge in [-0.05, 0) is 21.5 Å². The fourth-order valence-electron chi connectivity index (χ4n) is 3.00. The molecule has 1 aliphatic heterocycles. The Morgan fingerprint density at radius 3 is 3.07 bits per heavy atom. The van der Waals surface area contributed by atoms with Gasteiger partial charge in [0.25, 0.3) is 5.91 Å². The predicted octanol–water partition coefficient (Wildman–Crippen LogP) is 2.11. The third kappa shape index (κ3) is 3.79. The summed E-state index contributed by atoms with van der Waals surface area (Å²) in [5.74, 6) is 0.477. The van der Waals surface area contributed by atoms with E-state index in [1.54, 1.807) is 35.0 Å². The number of methoxy groups -OCH3 is 1. The van der Waals surface area contributed by atoms with E-state index in [2.05, 4.69) is 31.0 Å². The van der Waals surface area contributed by atoms with Gasteiger partial charge in [-0.2, -0.15) is 5.10 Å². The first-order chi connectivity index (χ1) is 13.1. The van der Waals surface area contributed by atoms with Crippen LogP contribution in [0.25, 0.3) is 5.65 Å². The van der Waals surface area contributed by atoms with Gasteiger partial charge in [-0.15, -0.1) is 0 Å². The van der Waals surface area contributed by atoms with E-state index in [-0.39, 0.29) is 5.91 Å². The van der Waals surface area contributed by atoms with Crippen LogP contribution in [0.1, 0.15) is 21.7 Å². The number of carbonyl (C=O) groups is 1. The summed E-state index contributed by atoms with van der Waals surface area (Å²) in [4.78, 5) is 23.4. The third-order valence-electron chi connectivity index (χ3n) is 4.35. The van der Waals surface area contributed by atoms with Crippen LogP contribution in [0.5, 0.6) is 5.88 Å². The molecule has 8 nitrogen and oxygen atoms in total. The Hall–Kier alpha value is -2.52.